The molecule has 0 spiro atoms. The second-order valence-electron chi connectivity index (χ2n) is 8.82. The van der Waals surface area contributed by atoms with E-state index in [0.29, 0.717) is 34.5 Å². The summed E-state index contributed by atoms with van der Waals surface area (Å²) in [5, 5.41) is 4.13. The third-order valence-corrected chi connectivity index (χ3v) is 6.93. The fourth-order valence-electron chi connectivity index (χ4n) is 5.15. The summed E-state index contributed by atoms with van der Waals surface area (Å²) in [4.78, 5) is 0. The van der Waals surface area contributed by atoms with Crippen molar-refractivity contribution in [3.8, 4) is 34.5 Å². The van der Waals surface area contributed by atoms with Crippen molar-refractivity contribution in [2.75, 3.05) is 42.7 Å². The predicted molar refractivity (Wildman–Crippen MR) is 142 cm³/mol. The summed E-state index contributed by atoms with van der Waals surface area (Å²) < 4.78 is 38.4. The average Bonchev–Trinajstić information content (AvgIpc) is 2.92. The molecule has 0 radical (unpaired) electrons. The van der Waals surface area contributed by atoms with Crippen LogP contribution in [0.4, 0.5) is 0 Å². The molecule has 2 aromatic heterocycles. The molecule has 0 unspecified atom stereocenters. The van der Waals surface area contributed by atoms with E-state index in [1.54, 1.807) is 42.7 Å². The summed E-state index contributed by atoms with van der Waals surface area (Å²) in [5.41, 5.74) is 2.31. The second-order valence-corrected chi connectivity index (χ2v) is 8.82. The van der Waals surface area contributed by atoms with Gasteiger partial charge in [-0.25, -0.2) is 9.13 Å². The van der Waals surface area contributed by atoms with Crippen LogP contribution in [0, 0.1) is 0 Å². The SMILES string of the molecule is COc1cc2cc[n+](C)c(CCCc3c4c(OC)c(OC)c(OC)cc4cc[n+]3C)c2c(OC)c1OC. The van der Waals surface area contributed by atoms with Gasteiger partial charge in [-0.15, -0.1) is 0 Å². The highest BCUT2D eigenvalue weighted by Gasteiger charge is 2.26. The molecule has 0 saturated carbocycles. The maximum atomic E-state index is 5.84. The first-order chi connectivity index (χ1) is 17.9. The van der Waals surface area contributed by atoms with Crippen LogP contribution in [0.5, 0.6) is 34.5 Å². The molecular weight excluding hydrogens is 472 g/mol. The van der Waals surface area contributed by atoms with Gasteiger partial charge in [-0.3, -0.25) is 0 Å². The van der Waals surface area contributed by atoms with E-state index < -0.39 is 0 Å². The Bertz CT molecular complexity index is 1340. The highest BCUT2D eigenvalue weighted by Crippen LogP contribution is 2.45. The van der Waals surface area contributed by atoms with E-state index in [2.05, 4.69) is 47.8 Å². The maximum absolute atomic E-state index is 5.84. The van der Waals surface area contributed by atoms with Crippen molar-refractivity contribution < 1.29 is 37.6 Å². The first-order valence-corrected chi connectivity index (χ1v) is 12.1. The Morgan fingerprint density at radius 3 is 1.24 bits per heavy atom. The van der Waals surface area contributed by atoms with Crippen LogP contribution in [0.1, 0.15) is 17.8 Å². The Morgan fingerprint density at radius 2 is 0.919 bits per heavy atom. The molecule has 8 heteroatoms. The lowest BCUT2D eigenvalue weighted by molar-refractivity contribution is -0.679. The lowest BCUT2D eigenvalue weighted by atomic mass is 10.00. The first kappa shape index (κ1) is 26.1. The molecule has 0 N–H and O–H groups in total. The molecule has 2 heterocycles. The molecule has 0 atom stereocenters. The van der Waals surface area contributed by atoms with Gasteiger partial charge in [-0.05, 0) is 18.6 Å². The molecule has 0 aliphatic carbocycles. The van der Waals surface area contributed by atoms with Crippen LogP contribution >= 0.6 is 0 Å². The highest BCUT2D eigenvalue weighted by atomic mass is 16.5. The summed E-state index contributed by atoms with van der Waals surface area (Å²) in [6.07, 6.45) is 6.69. The van der Waals surface area contributed by atoms with Gasteiger partial charge in [0, 0.05) is 35.7 Å². The normalized spacial score (nSPS) is 11.0. The largest absolute Gasteiger partial charge is 0.493 e. The number of aromatic nitrogens is 2. The van der Waals surface area contributed by atoms with Gasteiger partial charge in [0.05, 0.1) is 53.4 Å². The fraction of sp³-hybridized carbons (Fsp3) is 0.379. The van der Waals surface area contributed by atoms with E-state index in [0.717, 1.165) is 52.2 Å². The van der Waals surface area contributed by atoms with E-state index in [4.69, 9.17) is 28.4 Å². The predicted octanol–water partition coefficient (Wildman–Crippen LogP) is 3.87. The number of pyridine rings is 2. The van der Waals surface area contributed by atoms with Gasteiger partial charge in [0.15, 0.2) is 46.8 Å². The van der Waals surface area contributed by atoms with Gasteiger partial charge in [-0.2, -0.15) is 0 Å². The Hall–Kier alpha value is -3.94. The van der Waals surface area contributed by atoms with Crippen LogP contribution in [0.25, 0.3) is 21.5 Å². The van der Waals surface area contributed by atoms with Gasteiger partial charge in [0.2, 0.25) is 11.5 Å². The molecule has 196 valence electrons. The van der Waals surface area contributed by atoms with E-state index >= 15 is 0 Å². The summed E-state index contributed by atoms with van der Waals surface area (Å²) in [6, 6.07) is 8.13. The molecule has 0 aliphatic heterocycles. The van der Waals surface area contributed by atoms with Gasteiger partial charge < -0.3 is 28.4 Å². The highest BCUT2D eigenvalue weighted by molar-refractivity contribution is 5.95. The zero-order valence-corrected chi connectivity index (χ0v) is 22.9. The number of aryl methyl sites for hydroxylation is 4. The van der Waals surface area contributed by atoms with Crippen molar-refractivity contribution in [3.05, 3.63) is 48.0 Å². The number of hydrogen-bond acceptors (Lipinski definition) is 6. The van der Waals surface area contributed by atoms with Crippen molar-refractivity contribution in [2.45, 2.75) is 19.3 Å². The Morgan fingerprint density at radius 1 is 0.541 bits per heavy atom. The number of nitrogens with zero attached hydrogens (tertiary/aromatic N) is 2. The summed E-state index contributed by atoms with van der Waals surface area (Å²) >= 11 is 0. The standard InChI is InChI=1S/C29H36N2O6/c1-30-14-12-18-16-22(32-3)26(34-5)28(36-7)24(18)20(30)10-9-11-21-25-19(13-15-31(21)2)17-23(33-4)27(35-6)29(25)37-8/h12-17H,9-11H2,1-8H3/q+2. The van der Waals surface area contributed by atoms with E-state index in [-0.39, 0.29) is 0 Å². The lowest BCUT2D eigenvalue weighted by Crippen LogP contribution is -2.35. The molecule has 0 bridgehead atoms. The zero-order valence-electron chi connectivity index (χ0n) is 22.9. The smallest absolute Gasteiger partial charge is 0.204 e. The molecule has 37 heavy (non-hydrogen) atoms. The molecule has 0 saturated heterocycles. The number of ether oxygens (including phenoxy) is 6. The van der Waals surface area contributed by atoms with Gasteiger partial charge >= 0.3 is 0 Å². The van der Waals surface area contributed by atoms with Crippen LogP contribution in [-0.4, -0.2) is 42.7 Å². The Labute approximate surface area is 217 Å². The Kier molecular flexibility index (Phi) is 7.76. The fourth-order valence-corrected chi connectivity index (χ4v) is 5.15. The van der Waals surface area contributed by atoms with Crippen molar-refractivity contribution in [1.29, 1.82) is 0 Å². The van der Waals surface area contributed by atoms with Crippen molar-refractivity contribution in [1.82, 2.24) is 0 Å². The van der Waals surface area contributed by atoms with Crippen molar-refractivity contribution >= 4 is 21.5 Å². The molecule has 0 aliphatic rings. The summed E-state index contributed by atoms with van der Waals surface area (Å²) in [5.74, 6) is 3.83. The van der Waals surface area contributed by atoms with E-state index in [9.17, 15) is 0 Å². The quantitative estimate of drug-likeness (QED) is 0.303. The molecule has 0 fully saturated rings. The maximum Gasteiger partial charge on any atom is 0.204 e. The van der Waals surface area contributed by atoms with Crippen molar-refractivity contribution in [2.24, 2.45) is 14.1 Å². The third-order valence-electron chi connectivity index (χ3n) is 6.93. The van der Waals surface area contributed by atoms with Gasteiger partial charge in [0.1, 0.15) is 14.1 Å². The van der Waals surface area contributed by atoms with Crippen LogP contribution in [0.2, 0.25) is 0 Å². The molecule has 8 nitrogen and oxygen atoms in total. The van der Waals surface area contributed by atoms with Gasteiger partial charge in [-0.1, -0.05) is 0 Å². The van der Waals surface area contributed by atoms with Crippen molar-refractivity contribution in [3.63, 3.8) is 0 Å². The number of rotatable bonds is 10. The topological polar surface area (TPSA) is 63.1 Å². The van der Waals surface area contributed by atoms with Gasteiger partial charge in [0.25, 0.3) is 0 Å². The first-order valence-electron chi connectivity index (χ1n) is 12.1. The Balaban J connectivity index is 1.78. The van der Waals surface area contributed by atoms with Crippen LogP contribution in [0.3, 0.4) is 0 Å². The molecular formula is C29H36N2O6+2. The third kappa shape index (κ3) is 4.52. The molecule has 4 rings (SSSR count). The summed E-state index contributed by atoms with van der Waals surface area (Å²) in [7, 11) is 14.0. The molecule has 2 aromatic carbocycles. The molecule has 4 aromatic rings. The minimum absolute atomic E-state index is 0.594. The van der Waals surface area contributed by atoms with Crippen LogP contribution in [0.15, 0.2) is 36.7 Å². The van der Waals surface area contributed by atoms with E-state index in [1.807, 2.05) is 12.1 Å². The number of benzene rings is 2. The lowest BCUT2D eigenvalue weighted by Gasteiger charge is -2.16. The average molecular weight is 509 g/mol. The number of methoxy groups -OCH3 is 6. The monoisotopic (exact) mass is 508 g/mol. The number of fused-ring (bicyclic) bond motifs is 2. The summed E-state index contributed by atoms with van der Waals surface area (Å²) in [6.45, 7) is 0. The number of hydrogen-bond donors (Lipinski definition) is 0. The second kappa shape index (κ2) is 11.0. The van der Waals surface area contributed by atoms with E-state index in [1.165, 1.54) is 0 Å². The zero-order chi connectivity index (χ0) is 26.7. The van der Waals surface area contributed by atoms with Crippen LogP contribution in [-0.2, 0) is 26.9 Å². The van der Waals surface area contributed by atoms with Crippen LogP contribution < -0.4 is 37.6 Å². The minimum Gasteiger partial charge on any atom is -0.493 e. The molecule has 0 amide bonds. The minimum atomic E-state index is 0.594.